The fourth-order valence-corrected chi connectivity index (χ4v) is 3.72. The van der Waals surface area contributed by atoms with Crippen molar-refractivity contribution in [2.24, 2.45) is 4.99 Å². The van der Waals surface area contributed by atoms with Crippen LogP contribution in [0.4, 0.5) is 10.2 Å². The van der Waals surface area contributed by atoms with Gasteiger partial charge in [0, 0.05) is 23.4 Å². The van der Waals surface area contributed by atoms with E-state index in [0.717, 1.165) is 42.6 Å². The second kappa shape index (κ2) is 7.48. The quantitative estimate of drug-likeness (QED) is 0.816. The van der Waals surface area contributed by atoms with Gasteiger partial charge in [-0.3, -0.25) is 0 Å². The molecule has 0 radical (unpaired) electrons. The number of aliphatic imine (C=N–C) groups is 1. The minimum atomic E-state index is -0.223. The maximum atomic E-state index is 14.5. The molecule has 1 aromatic carbocycles. The molecule has 5 heteroatoms. The lowest BCUT2D eigenvalue weighted by Crippen LogP contribution is -2.31. The Kier molecular flexibility index (Phi) is 5.33. The highest BCUT2D eigenvalue weighted by molar-refractivity contribution is 5.71. The van der Waals surface area contributed by atoms with Gasteiger partial charge in [0.2, 0.25) is 0 Å². The van der Waals surface area contributed by atoms with Gasteiger partial charge in [0.05, 0.1) is 6.04 Å². The fraction of sp³-hybridized carbons (Fsp3) is 0.500. The van der Waals surface area contributed by atoms with Crippen LogP contribution in [0, 0.1) is 19.7 Å². The predicted octanol–water partition coefficient (Wildman–Crippen LogP) is 4.73. The first-order chi connectivity index (χ1) is 12.0. The molecule has 1 N–H and O–H groups in total. The average Bonchev–Trinajstić information content (AvgIpc) is 2.92. The van der Waals surface area contributed by atoms with Gasteiger partial charge in [-0.25, -0.2) is 14.1 Å². The first-order valence-electron chi connectivity index (χ1n) is 9.06. The van der Waals surface area contributed by atoms with Gasteiger partial charge in [-0.05, 0) is 71.2 Å². The van der Waals surface area contributed by atoms with Crippen LogP contribution >= 0.6 is 0 Å². The van der Waals surface area contributed by atoms with Crippen LogP contribution in [-0.4, -0.2) is 29.1 Å². The van der Waals surface area contributed by atoms with E-state index in [1.165, 1.54) is 0 Å². The van der Waals surface area contributed by atoms with E-state index in [1.807, 2.05) is 44.6 Å². The molecule has 2 aromatic rings. The van der Waals surface area contributed by atoms with Crippen molar-refractivity contribution in [2.45, 2.75) is 58.5 Å². The molecule has 0 atom stereocenters. The SMILES string of the molecule is C/C=N\c1c(C)c(-c2ccc(C)cc2F)nn1C1CCC(NC)CC1. The summed E-state index contributed by atoms with van der Waals surface area (Å²) in [6.07, 6.45) is 6.17. The van der Waals surface area contributed by atoms with Gasteiger partial charge in [0.25, 0.3) is 0 Å². The first-order valence-corrected chi connectivity index (χ1v) is 9.06. The molecule has 0 bridgehead atoms. The highest BCUT2D eigenvalue weighted by atomic mass is 19.1. The highest BCUT2D eigenvalue weighted by Gasteiger charge is 2.26. The fourth-order valence-electron chi connectivity index (χ4n) is 3.72. The predicted molar refractivity (Wildman–Crippen MR) is 101 cm³/mol. The van der Waals surface area contributed by atoms with Crippen molar-refractivity contribution in [1.82, 2.24) is 15.1 Å². The number of aryl methyl sites for hydroxylation is 1. The van der Waals surface area contributed by atoms with Crippen molar-refractivity contribution in [3.8, 4) is 11.3 Å². The van der Waals surface area contributed by atoms with Crippen LogP contribution < -0.4 is 5.32 Å². The van der Waals surface area contributed by atoms with E-state index < -0.39 is 0 Å². The molecule has 0 aliphatic heterocycles. The molecule has 1 aromatic heterocycles. The van der Waals surface area contributed by atoms with Crippen molar-refractivity contribution in [1.29, 1.82) is 0 Å². The number of nitrogens with one attached hydrogen (secondary N) is 1. The van der Waals surface area contributed by atoms with Crippen LogP contribution in [0.3, 0.4) is 0 Å². The smallest absolute Gasteiger partial charge is 0.153 e. The van der Waals surface area contributed by atoms with Gasteiger partial charge in [-0.1, -0.05) is 6.07 Å². The van der Waals surface area contributed by atoms with Crippen molar-refractivity contribution in [3.63, 3.8) is 0 Å². The zero-order valence-corrected chi connectivity index (χ0v) is 15.5. The lowest BCUT2D eigenvalue weighted by molar-refractivity contribution is 0.286. The van der Waals surface area contributed by atoms with E-state index in [0.29, 0.717) is 23.3 Å². The molecular weight excluding hydrogens is 315 g/mol. The van der Waals surface area contributed by atoms with Crippen LogP contribution in [0.15, 0.2) is 23.2 Å². The Hall–Kier alpha value is -2.01. The molecule has 3 rings (SSSR count). The summed E-state index contributed by atoms with van der Waals surface area (Å²) in [5, 5.41) is 8.17. The Labute approximate surface area is 149 Å². The number of halogens is 1. The van der Waals surface area contributed by atoms with Crippen LogP contribution in [0.5, 0.6) is 0 Å². The Balaban J connectivity index is 2.02. The summed E-state index contributed by atoms with van der Waals surface area (Å²) in [6.45, 7) is 5.78. The molecule has 0 amide bonds. The lowest BCUT2D eigenvalue weighted by atomic mass is 9.91. The summed E-state index contributed by atoms with van der Waals surface area (Å²) in [6, 6.07) is 6.22. The highest BCUT2D eigenvalue weighted by Crippen LogP contribution is 2.37. The minimum absolute atomic E-state index is 0.223. The summed E-state index contributed by atoms with van der Waals surface area (Å²) in [7, 11) is 2.02. The monoisotopic (exact) mass is 342 g/mol. The lowest BCUT2D eigenvalue weighted by Gasteiger charge is -2.28. The standard InChI is InChI=1S/C20H27FN4/c1-5-23-20-14(3)19(17-11-6-13(2)12-18(17)21)24-25(20)16-9-7-15(22-4)8-10-16/h5-6,11-12,15-16,22H,7-10H2,1-4H3/b23-5-. The summed E-state index contributed by atoms with van der Waals surface area (Å²) < 4.78 is 16.5. The molecule has 25 heavy (non-hydrogen) atoms. The van der Waals surface area contributed by atoms with Gasteiger partial charge in [-0.2, -0.15) is 5.10 Å². The minimum Gasteiger partial charge on any atom is -0.317 e. The van der Waals surface area contributed by atoms with Crippen molar-refractivity contribution < 1.29 is 4.39 Å². The van der Waals surface area contributed by atoms with E-state index in [2.05, 4.69) is 10.3 Å². The second-order valence-corrected chi connectivity index (χ2v) is 6.91. The largest absolute Gasteiger partial charge is 0.317 e. The maximum absolute atomic E-state index is 14.5. The van der Waals surface area contributed by atoms with Crippen LogP contribution in [0.1, 0.15) is 49.8 Å². The maximum Gasteiger partial charge on any atom is 0.153 e. The Morgan fingerprint density at radius 3 is 2.56 bits per heavy atom. The third kappa shape index (κ3) is 3.52. The molecular formula is C20H27FN4. The molecule has 134 valence electrons. The molecule has 1 saturated carbocycles. The van der Waals surface area contributed by atoms with Crippen LogP contribution in [0.2, 0.25) is 0 Å². The van der Waals surface area contributed by atoms with Crippen LogP contribution in [-0.2, 0) is 0 Å². The molecule has 1 fully saturated rings. The number of benzene rings is 1. The van der Waals surface area contributed by atoms with Gasteiger partial charge in [0.1, 0.15) is 11.5 Å². The number of hydrogen-bond acceptors (Lipinski definition) is 3. The van der Waals surface area contributed by atoms with Gasteiger partial charge >= 0.3 is 0 Å². The zero-order valence-electron chi connectivity index (χ0n) is 15.5. The van der Waals surface area contributed by atoms with Gasteiger partial charge in [0.15, 0.2) is 5.82 Å². The Morgan fingerprint density at radius 1 is 1.24 bits per heavy atom. The van der Waals surface area contributed by atoms with E-state index in [4.69, 9.17) is 5.10 Å². The van der Waals surface area contributed by atoms with Gasteiger partial charge in [-0.15, -0.1) is 0 Å². The molecule has 0 unspecified atom stereocenters. The summed E-state index contributed by atoms with van der Waals surface area (Å²) in [5.41, 5.74) is 3.11. The molecule has 1 heterocycles. The Morgan fingerprint density at radius 2 is 1.96 bits per heavy atom. The molecule has 1 aliphatic rings. The van der Waals surface area contributed by atoms with E-state index in [1.54, 1.807) is 12.3 Å². The van der Waals surface area contributed by atoms with Gasteiger partial charge < -0.3 is 5.32 Å². The molecule has 4 nitrogen and oxygen atoms in total. The first kappa shape index (κ1) is 17.8. The second-order valence-electron chi connectivity index (χ2n) is 6.91. The third-order valence-electron chi connectivity index (χ3n) is 5.20. The summed E-state index contributed by atoms with van der Waals surface area (Å²) in [4.78, 5) is 4.55. The average molecular weight is 342 g/mol. The van der Waals surface area contributed by atoms with Crippen LogP contribution in [0.25, 0.3) is 11.3 Å². The summed E-state index contributed by atoms with van der Waals surface area (Å²) >= 11 is 0. The molecule has 0 spiro atoms. The normalized spacial score (nSPS) is 21.2. The van der Waals surface area contributed by atoms with Crippen molar-refractivity contribution in [3.05, 3.63) is 35.1 Å². The number of nitrogens with zero attached hydrogens (tertiary/aromatic N) is 3. The zero-order chi connectivity index (χ0) is 18.0. The molecule has 1 aliphatic carbocycles. The number of aromatic nitrogens is 2. The molecule has 0 saturated heterocycles. The number of rotatable bonds is 4. The topological polar surface area (TPSA) is 42.2 Å². The summed E-state index contributed by atoms with van der Waals surface area (Å²) in [5.74, 6) is 0.629. The number of hydrogen-bond donors (Lipinski definition) is 1. The van der Waals surface area contributed by atoms with Crippen molar-refractivity contribution in [2.75, 3.05) is 7.05 Å². The Bertz CT molecular complexity index is 770. The third-order valence-corrected chi connectivity index (χ3v) is 5.20. The van der Waals surface area contributed by atoms with E-state index >= 15 is 0 Å². The van der Waals surface area contributed by atoms with E-state index in [-0.39, 0.29) is 5.82 Å². The van der Waals surface area contributed by atoms with Crippen molar-refractivity contribution >= 4 is 12.0 Å². The van der Waals surface area contributed by atoms with E-state index in [9.17, 15) is 4.39 Å².